The molecule has 1 aromatic carbocycles. The summed E-state index contributed by atoms with van der Waals surface area (Å²) in [5.41, 5.74) is 0.587. The van der Waals surface area contributed by atoms with Crippen LogP contribution in [0.3, 0.4) is 0 Å². The van der Waals surface area contributed by atoms with E-state index in [9.17, 15) is 4.79 Å². The summed E-state index contributed by atoms with van der Waals surface area (Å²) in [6, 6.07) is 9.21. The van der Waals surface area contributed by atoms with Gasteiger partial charge < -0.3 is 10.1 Å². The monoisotopic (exact) mass is 270 g/mol. The summed E-state index contributed by atoms with van der Waals surface area (Å²) in [5.74, 6) is 1.97. The minimum Gasteiger partial charge on any atom is -0.484 e. The lowest BCUT2D eigenvalue weighted by atomic mass is 10.1. The van der Waals surface area contributed by atoms with E-state index in [4.69, 9.17) is 10.00 Å². The summed E-state index contributed by atoms with van der Waals surface area (Å²) >= 11 is 0. The summed E-state index contributed by atoms with van der Waals surface area (Å²) in [5, 5.41) is 11.8. The van der Waals surface area contributed by atoms with E-state index >= 15 is 0 Å². The molecule has 0 radical (unpaired) electrons. The Bertz CT molecular complexity index is 512. The first-order valence-electron chi connectivity index (χ1n) is 7.18. The molecule has 0 heterocycles. The van der Waals surface area contributed by atoms with Gasteiger partial charge >= 0.3 is 0 Å². The second-order valence-electron chi connectivity index (χ2n) is 5.69. The molecule has 4 nitrogen and oxygen atoms in total. The topological polar surface area (TPSA) is 62.1 Å². The number of hydrogen-bond donors (Lipinski definition) is 1. The maximum atomic E-state index is 11.9. The third kappa shape index (κ3) is 3.30. The highest BCUT2D eigenvalue weighted by Gasteiger charge is 2.42. The minimum atomic E-state index is -0.0434. The highest BCUT2D eigenvalue weighted by molar-refractivity contribution is 5.78. The Morgan fingerprint density at radius 1 is 1.25 bits per heavy atom. The maximum Gasteiger partial charge on any atom is 0.258 e. The van der Waals surface area contributed by atoms with Gasteiger partial charge in [-0.1, -0.05) is 0 Å². The smallest absolute Gasteiger partial charge is 0.258 e. The minimum absolute atomic E-state index is 0.0434. The van der Waals surface area contributed by atoms with E-state index < -0.39 is 0 Å². The molecular weight excluding hydrogens is 252 g/mol. The molecule has 0 aromatic heterocycles. The molecule has 20 heavy (non-hydrogen) atoms. The third-order valence-electron chi connectivity index (χ3n) is 3.94. The van der Waals surface area contributed by atoms with Crippen LogP contribution in [0.1, 0.15) is 31.2 Å². The number of amides is 1. The summed E-state index contributed by atoms with van der Waals surface area (Å²) in [6.45, 7) is 0.0435. The van der Waals surface area contributed by atoms with Gasteiger partial charge in [0, 0.05) is 6.04 Å². The van der Waals surface area contributed by atoms with Crippen molar-refractivity contribution < 1.29 is 9.53 Å². The Hall–Kier alpha value is -2.02. The summed E-state index contributed by atoms with van der Waals surface area (Å²) in [7, 11) is 0. The average molecular weight is 270 g/mol. The molecule has 2 aliphatic carbocycles. The van der Waals surface area contributed by atoms with Gasteiger partial charge in [-0.05, 0) is 61.8 Å². The maximum absolute atomic E-state index is 11.9. The molecule has 1 N–H and O–H groups in total. The van der Waals surface area contributed by atoms with Crippen LogP contribution in [0.4, 0.5) is 0 Å². The predicted molar refractivity (Wildman–Crippen MR) is 74.0 cm³/mol. The van der Waals surface area contributed by atoms with Gasteiger partial charge in [0.1, 0.15) is 5.75 Å². The van der Waals surface area contributed by atoms with Gasteiger partial charge in [0.15, 0.2) is 6.61 Å². The van der Waals surface area contributed by atoms with Crippen molar-refractivity contribution >= 4 is 5.91 Å². The van der Waals surface area contributed by atoms with E-state index in [-0.39, 0.29) is 12.5 Å². The normalized spacial score (nSPS) is 17.6. The Kier molecular flexibility index (Phi) is 3.60. The Morgan fingerprint density at radius 2 is 1.85 bits per heavy atom. The highest BCUT2D eigenvalue weighted by atomic mass is 16.5. The van der Waals surface area contributed by atoms with Crippen LogP contribution < -0.4 is 10.1 Å². The van der Waals surface area contributed by atoms with Gasteiger partial charge in [-0.25, -0.2) is 0 Å². The zero-order valence-electron chi connectivity index (χ0n) is 11.3. The summed E-state index contributed by atoms with van der Waals surface area (Å²) in [4.78, 5) is 11.9. The van der Waals surface area contributed by atoms with Crippen LogP contribution >= 0.6 is 0 Å². The van der Waals surface area contributed by atoms with Crippen molar-refractivity contribution in [1.29, 1.82) is 5.26 Å². The van der Waals surface area contributed by atoms with E-state index in [1.165, 1.54) is 25.7 Å². The first kappa shape index (κ1) is 13.0. The standard InChI is InChI=1S/C16H18N2O2/c17-9-11-1-7-14(8-2-11)20-10-15(19)18-16(12-3-4-12)13-5-6-13/h1-2,7-8,12-13,16H,3-6,10H2,(H,18,19). The van der Waals surface area contributed by atoms with E-state index in [0.717, 1.165) is 0 Å². The van der Waals surface area contributed by atoms with Gasteiger partial charge in [0.2, 0.25) is 0 Å². The highest BCUT2D eigenvalue weighted by Crippen LogP contribution is 2.44. The van der Waals surface area contributed by atoms with Gasteiger partial charge in [-0.3, -0.25) is 4.79 Å². The number of carbonyl (C=O) groups excluding carboxylic acids is 1. The molecule has 1 aromatic rings. The first-order valence-corrected chi connectivity index (χ1v) is 7.18. The zero-order chi connectivity index (χ0) is 13.9. The molecule has 2 saturated carbocycles. The molecule has 0 atom stereocenters. The van der Waals surface area contributed by atoms with Crippen molar-refractivity contribution in [2.24, 2.45) is 11.8 Å². The quantitative estimate of drug-likeness (QED) is 0.862. The van der Waals surface area contributed by atoms with Crippen molar-refractivity contribution in [3.8, 4) is 11.8 Å². The molecule has 2 fully saturated rings. The van der Waals surface area contributed by atoms with Crippen LogP contribution in [0, 0.1) is 23.2 Å². The molecule has 0 unspecified atom stereocenters. The number of rotatable bonds is 6. The van der Waals surface area contributed by atoms with Gasteiger partial charge in [-0.15, -0.1) is 0 Å². The van der Waals surface area contributed by atoms with Gasteiger partial charge in [0.25, 0.3) is 5.91 Å². The van der Waals surface area contributed by atoms with E-state index in [1.807, 2.05) is 6.07 Å². The molecule has 104 valence electrons. The summed E-state index contributed by atoms with van der Waals surface area (Å²) < 4.78 is 5.45. The Morgan fingerprint density at radius 3 is 2.35 bits per heavy atom. The van der Waals surface area contributed by atoms with E-state index in [2.05, 4.69) is 5.32 Å². The second kappa shape index (κ2) is 5.54. The SMILES string of the molecule is N#Cc1ccc(OCC(=O)NC(C2CC2)C2CC2)cc1. The fourth-order valence-corrected chi connectivity index (χ4v) is 2.53. The van der Waals surface area contributed by atoms with Gasteiger partial charge in [-0.2, -0.15) is 5.26 Å². The molecule has 3 rings (SSSR count). The van der Waals surface area contributed by atoms with Crippen LogP contribution in [-0.2, 0) is 4.79 Å². The molecule has 0 bridgehead atoms. The fourth-order valence-electron chi connectivity index (χ4n) is 2.53. The predicted octanol–water partition coefficient (Wildman–Crippen LogP) is 2.24. The van der Waals surface area contributed by atoms with Crippen LogP contribution in [0.5, 0.6) is 5.75 Å². The number of nitrogens with zero attached hydrogens (tertiary/aromatic N) is 1. The zero-order valence-corrected chi connectivity index (χ0v) is 11.3. The number of hydrogen-bond acceptors (Lipinski definition) is 3. The Labute approximate surface area is 118 Å². The number of carbonyl (C=O) groups is 1. The molecular formula is C16H18N2O2. The number of nitriles is 1. The molecule has 0 aliphatic heterocycles. The lowest BCUT2D eigenvalue weighted by molar-refractivity contribution is -0.124. The molecule has 1 amide bonds. The van der Waals surface area contributed by atoms with Crippen molar-refractivity contribution in [1.82, 2.24) is 5.32 Å². The molecule has 2 aliphatic rings. The number of nitrogens with one attached hydrogen (secondary N) is 1. The van der Waals surface area contributed by atoms with Crippen molar-refractivity contribution in [3.05, 3.63) is 29.8 Å². The molecule has 4 heteroatoms. The number of ether oxygens (including phenoxy) is 1. The van der Waals surface area contributed by atoms with E-state index in [1.54, 1.807) is 24.3 Å². The average Bonchev–Trinajstić information content (AvgIpc) is 3.36. The lowest BCUT2D eigenvalue weighted by Gasteiger charge is -2.17. The molecule has 0 saturated heterocycles. The van der Waals surface area contributed by atoms with Crippen LogP contribution in [0.2, 0.25) is 0 Å². The third-order valence-corrected chi connectivity index (χ3v) is 3.94. The largest absolute Gasteiger partial charge is 0.484 e. The Balaban J connectivity index is 1.47. The van der Waals surface area contributed by atoms with Crippen LogP contribution in [-0.4, -0.2) is 18.6 Å². The van der Waals surface area contributed by atoms with Gasteiger partial charge in [0.05, 0.1) is 11.6 Å². The first-order chi connectivity index (χ1) is 9.76. The second-order valence-corrected chi connectivity index (χ2v) is 5.69. The van der Waals surface area contributed by atoms with Crippen LogP contribution in [0.25, 0.3) is 0 Å². The summed E-state index contributed by atoms with van der Waals surface area (Å²) in [6.07, 6.45) is 4.99. The van der Waals surface area contributed by atoms with E-state index in [0.29, 0.717) is 29.2 Å². The fraction of sp³-hybridized carbons (Fsp3) is 0.500. The van der Waals surface area contributed by atoms with Crippen molar-refractivity contribution in [2.75, 3.05) is 6.61 Å². The van der Waals surface area contributed by atoms with Crippen molar-refractivity contribution in [3.63, 3.8) is 0 Å². The number of benzene rings is 1. The van der Waals surface area contributed by atoms with Crippen molar-refractivity contribution in [2.45, 2.75) is 31.7 Å². The lowest BCUT2D eigenvalue weighted by Crippen LogP contribution is -2.40. The molecule has 0 spiro atoms. The van der Waals surface area contributed by atoms with Crippen LogP contribution in [0.15, 0.2) is 24.3 Å².